The van der Waals surface area contributed by atoms with Gasteiger partial charge in [0.1, 0.15) is 11.6 Å². The number of benzene rings is 6. The number of rotatable bonds is 7. The molecule has 0 fully saturated rings. The van der Waals surface area contributed by atoms with Gasteiger partial charge in [0.15, 0.2) is 0 Å². The van der Waals surface area contributed by atoms with E-state index in [0.717, 1.165) is 34.4 Å². The van der Waals surface area contributed by atoms with Crippen molar-refractivity contribution in [1.29, 1.82) is 0 Å². The Balaban J connectivity index is 1.40. The summed E-state index contributed by atoms with van der Waals surface area (Å²) in [5.74, 6) is 2.19. The average molecular weight is 581 g/mol. The predicted molar refractivity (Wildman–Crippen MR) is 189 cm³/mol. The molecule has 0 aliphatic rings. The van der Waals surface area contributed by atoms with Crippen molar-refractivity contribution in [2.24, 2.45) is 0 Å². The van der Waals surface area contributed by atoms with Crippen LogP contribution >= 0.6 is 0 Å². The quantitative estimate of drug-likeness (QED) is 0.176. The molecule has 0 saturated carbocycles. The molecule has 0 radical (unpaired) electrons. The lowest BCUT2D eigenvalue weighted by atomic mass is 9.92. The number of pyridine rings is 2. The fraction of sp³-hybridized carbons (Fsp3) is 0.0732. The van der Waals surface area contributed by atoms with Crippen LogP contribution in [0.15, 0.2) is 152 Å². The van der Waals surface area contributed by atoms with E-state index < -0.39 is 0 Å². The van der Waals surface area contributed by atoms with Gasteiger partial charge in [-0.15, -0.1) is 0 Å². The molecule has 4 heteroatoms. The van der Waals surface area contributed by atoms with Crippen LogP contribution in [0.25, 0.3) is 32.3 Å². The van der Waals surface area contributed by atoms with Crippen molar-refractivity contribution >= 4 is 66.7 Å². The monoisotopic (exact) mass is 580 g/mol. The topological polar surface area (TPSA) is 32.3 Å². The Hall–Kier alpha value is -5.74. The zero-order valence-corrected chi connectivity index (χ0v) is 25.3. The van der Waals surface area contributed by atoms with Crippen LogP contribution in [0.4, 0.5) is 34.4 Å². The van der Waals surface area contributed by atoms with Gasteiger partial charge < -0.3 is 0 Å². The van der Waals surface area contributed by atoms with Crippen LogP contribution in [0.5, 0.6) is 0 Å². The number of anilines is 6. The van der Waals surface area contributed by atoms with Gasteiger partial charge in [-0.1, -0.05) is 92.7 Å². The lowest BCUT2D eigenvalue weighted by Crippen LogP contribution is -2.13. The molecule has 0 N–H and O–H groups in total. The van der Waals surface area contributed by atoms with E-state index in [4.69, 9.17) is 9.97 Å². The minimum atomic E-state index is 0.418. The molecule has 0 atom stereocenters. The molecule has 0 amide bonds. The largest absolute Gasteiger partial charge is 0.294 e. The number of para-hydroxylation sites is 1. The lowest BCUT2D eigenvalue weighted by molar-refractivity contribution is 0.866. The van der Waals surface area contributed by atoms with Crippen molar-refractivity contribution < 1.29 is 0 Å². The van der Waals surface area contributed by atoms with Gasteiger partial charge in [0.2, 0.25) is 0 Å². The van der Waals surface area contributed by atoms with Crippen molar-refractivity contribution in [3.63, 3.8) is 0 Å². The number of nitrogens with zero attached hydrogens (tertiary/aromatic N) is 4. The van der Waals surface area contributed by atoms with Crippen molar-refractivity contribution in [3.05, 3.63) is 157 Å². The van der Waals surface area contributed by atoms with E-state index in [-0.39, 0.29) is 0 Å². The van der Waals surface area contributed by atoms with E-state index >= 15 is 0 Å². The summed E-state index contributed by atoms with van der Waals surface area (Å²) in [5.41, 5.74) is 5.66. The Morgan fingerprint density at radius 1 is 0.467 bits per heavy atom. The Morgan fingerprint density at radius 2 is 0.978 bits per heavy atom. The van der Waals surface area contributed by atoms with E-state index in [2.05, 4.69) is 145 Å². The van der Waals surface area contributed by atoms with Gasteiger partial charge in [0.05, 0.1) is 11.4 Å². The van der Waals surface area contributed by atoms with Crippen molar-refractivity contribution in [3.8, 4) is 0 Å². The van der Waals surface area contributed by atoms with Gasteiger partial charge in [0.25, 0.3) is 0 Å². The standard InChI is InChI=1S/C41H32N4/c1-28(2)31-11-10-14-33(27-31)45(39-16-7-9-26-43-39)37-24-20-30-17-21-34-36(23-19-29-18-22-35(37)41(30)40(29)34)44(32-12-4-3-5-13-32)38-15-6-8-25-42-38/h3-28H,1-2H3. The van der Waals surface area contributed by atoms with Crippen LogP contribution in [0.3, 0.4) is 0 Å². The zero-order valence-electron chi connectivity index (χ0n) is 25.3. The highest BCUT2D eigenvalue weighted by Gasteiger charge is 2.22. The zero-order chi connectivity index (χ0) is 30.3. The highest BCUT2D eigenvalue weighted by atomic mass is 15.2. The van der Waals surface area contributed by atoms with Crippen LogP contribution in [0, 0.1) is 0 Å². The molecule has 2 aromatic heterocycles. The Labute approximate surface area is 263 Å². The molecule has 6 aromatic carbocycles. The van der Waals surface area contributed by atoms with Crippen LogP contribution in [0.2, 0.25) is 0 Å². The smallest absolute Gasteiger partial charge is 0.137 e. The molecule has 8 rings (SSSR count). The minimum absolute atomic E-state index is 0.418. The predicted octanol–water partition coefficient (Wildman–Crippen LogP) is 11.4. The number of hydrogen-bond donors (Lipinski definition) is 0. The molecule has 2 heterocycles. The molecule has 216 valence electrons. The van der Waals surface area contributed by atoms with Gasteiger partial charge in [-0.25, -0.2) is 9.97 Å². The Kier molecular flexibility index (Phi) is 6.61. The van der Waals surface area contributed by atoms with Crippen LogP contribution < -0.4 is 9.80 Å². The van der Waals surface area contributed by atoms with E-state index in [1.165, 1.54) is 37.9 Å². The Bertz CT molecular complexity index is 2210. The molecular formula is C41H32N4. The second-order valence-electron chi connectivity index (χ2n) is 11.7. The third-order valence-electron chi connectivity index (χ3n) is 8.67. The third kappa shape index (κ3) is 4.63. The molecule has 45 heavy (non-hydrogen) atoms. The maximum atomic E-state index is 4.83. The van der Waals surface area contributed by atoms with Gasteiger partial charge in [-0.2, -0.15) is 0 Å². The normalized spacial score (nSPS) is 11.5. The van der Waals surface area contributed by atoms with Gasteiger partial charge in [-0.05, 0) is 93.7 Å². The SMILES string of the molecule is CC(C)c1cccc(N(c2ccccn2)c2ccc3ccc4c(N(c5ccccc5)c5ccccn5)ccc5ccc2c3c54)c1. The van der Waals surface area contributed by atoms with Crippen LogP contribution in [0.1, 0.15) is 25.3 Å². The summed E-state index contributed by atoms with van der Waals surface area (Å²) in [4.78, 5) is 14.2. The van der Waals surface area contributed by atoms with Crippen molar-refractivity contribution in [2.75, 3.05) is 9.80 Å². The first kappa shape index (κ1) is 26.9. The van der Waals surface area contributed by atoms with Crippen LogP contribution in [-0.2, 0) is 0 Å². The maximum absolute atomic E-state index is 4.83. The molecule has 8 aromatic rings. The van der Waals surface area contributed by atoms with Gasteiger partial charge >= 0.3 is 0 Å². The molecule has 0 spiro atoms. The average Bonchev–Trinajstić information content (AvgIpc) is 3.10. The van der Waals surface area contributed by atoms with Crippen molar-refractivity contribution in [1.82, 2.24) is 9.97 Å². The summed E-state index contributed by atoms with van der Waals surface area (Å²) < 4.78 is 0. The minimum Gasteiger partial charge on any atom is -0.294 e. The third-order valence-corrected chi connectivity index (χ3v) is 8.67. The Morgan fingerprint density at radius 3 is 1.51 bits per heavy atom. The molecule has 0 saturated heterocycles. The van der Waals surface area contributed by atoms with E-state index in [1.807, 2.05) is 30.6 Å². The first-order chi connectivity index (χ1) is 22.2. The fourth-order valence-corrected chi connectivity index (χ4v) is 6.52. The molecule has 0 bridgehead atoms. The van der Waals surface area contributed by atoms with Gasteiger partial charge in [-0.3, -0.25) is 9.80 Å². The summed E-state index contributed by atoms with van der Waals surface area (Å²) in [6, 6.07) is 49.5. The van der Waals surface area contributed by atoms with Crippen molar-refractivity contribution in [2.45, 2.75) is 19.8 Å². The van der Waals surface area contributed by atoms with E-state index in [1.54, 1.807) is 0 Å². The molecule has 4 nitrogen and oxygen atoms in total. The summed E-state index contributed by atoms with van der Waals surface area (Å²) in [6.07, 6.45) is 3.72. The summed E-state index contributed by atoms with van der Waals surface area (Å²) in [7, 11) is 0. The second kappa shape index (κ2) is 11.1. The van der Waals surface area contributed by atoms with E-state index in [9.17, 15) is 0 Å². The number of aromatic nitrogens is 2. The fourth-order valence-electron chi connectivity index (χ4n) is 6.52. The highest BCUT2D eigenvalue weighted by Crippen LogP contribution is 2.47. The number of hydrogen-bond acceptors (Lipinski definition) is 4. The summed E-state index contributed by atoms with van der Waals surface area (Å²) in [6.45, 7) is 4.48. The summed E-state index contributed by atoms with van der Waals surface area (Å²) >= 11 is 0. The molecule has 0 unspecified atom stereocenters. The van der Waals surface area contributed by atoms with E-state index in [0.29, 0.717) is 5.92 Å². The molecule has 0 aliphatic heterocycles. The first-order valence-electron chi connectivity index (χ1n) is 15.5. The highest BCUT2D eigenvalue weighted by molar-refractivity contribution is 6.28. The van der Waals surface area contributed by atoms with Crippen LogP contribution in [-0.4, -0.2) is 9.97 Å². The second-order valence-corrected chi connectivity index (χ2v) is 11.7. The summed E-state index contributed by atoms with van der Waals surface area (Å²) in [5, 5.41) is 7.29. The first-order valence-corrected chi connectivity index (χ1v) is 15.5. The lowest BCUT2D eigenvalue weighted by Gasteiger charge is -2.28. The molecule has 0 aliphatic carbocycles. The van der Waals surface area contributed by atoms with Gasteiger partial charge in [0, 0.05) is 34.5 Å². The maximum Gasteiger partial charge on any atom is 0.137 e. The molecular weight excluding hydrogens is 548 g/mol.